The molecule has 0 radical (unpaired) electrons. The van der Waals surface area contributed by atoms with Gasteiger partial charge in [-0.25, -0.2) is 9.98 Å². The molecular formula is C16H27N5O2S. The lowest BCUT2D eigenvalue weighted by Crippen LogP contribution is -2.41. The monoisotopic (exact) mass is 353 g/mol. The third-order valence-corrected chi connectivity index (χ3v) is 4.73. The third kappa shape index (κ3) is 6.45. The number of thiazole rings is 1. The number of rotatable bonds is 7. The molecule has 2 heterocycles. The molecule has 1 aliphatic rings. The first-order valence-corrected chi connectivity index (χ1v) is 9.07. The molecule has 1 aliphatic heterocycles. The quantitative estimate of drug-likeness (QED) is 0.556. The first kappa shape index (κ1) is 18.7. The Hall–Kier alpha value is -1.67. The number of nitrogens with zero attached hydrogens (tertiary/aromatic N) is 3. The minimum absolute atomic E-state index is 0.0177. The van der Waals surface area contributed by atoms with Crippen molar-refractivity contribution in [3.8, 4) is 0 Å². The van der Waals surface area contributed by atoms with Gasteiger partial charge in [-0.15, -0.1) is 11.3 Å². The van der Waals surface area contributed by atoms with E-state index in [0.717, 1.165) is 44.2 Å². The molecule has 2 N–H and O–H groups in total. The lowest BCUT2D eigenvalue weighted by Gasteiger charge is -2.15. The van der Waals surface area contributed by atoms with Crippen LogP contribution in [0.4, 0.5) is 0 Å². The standard InChI is InChI=1S/C16H27N5O2S/c1-12-8-18-14(24-12)4-6-17-16(20-10-15(22)21(2)3)19-9-13-5-7-23-11-13/h8,13H,4-7,9-11H2,1-3H3,(H2,17,19,20). The van der Waals surface area contributed by atoms with Gasteiger partial charge in [0, 0.05) is 57.2 Å². The van der Waals surface area contributed by atoms with Gasteiger partial charge in [0.25, 0.3) is 0 Å². The highest BCUT2D eigenvalue weighted by Gasteiger charge is 2.16. The summed E-state index contributed by atoms with van der Waals surface area (Å²) in [6, 6.07) is 0. The molecule has 0 aromatic carbocycles. The van der Waals surface area contributed by atoms with Gasteiger partial charge in [-0.2, -0.15) is 0 Å². The molecule has 2 rings (SSSR count). The molecule has 1 aromatic rings. The maximum atomic E-state index is 11.7. The fraction of sp³-hybridized carbons (Fsp3) is 0.688. The SMILES string of the molecule is Cc1cnc(CCNC(=NCC(=O)N(C)C)NCC2CCOC2)s1. The normalized spacial score (nSPS) is 17.8. The highest BCUT2D eigenvalue weighted by atomic mass is 32.1. The molecule has 8 heteroatoms. The number of hydrogen-bond donors (Lipinski definition) is 2. The first-order chi connectivity index (χ1) is 11.5. The Kier molecular flexibility index (Phi) is 7.45. The Morgan fingerprint density at radius 2 is 2.33 bits per heavy atom. The summed E-state index contributed by atoms with van der Waals surface area (Å²) in [6.07, 6.45) is 3.80. The molecule has 1 atom stereocenters. The Morgan fingerprint density at radius 1 is 1.50 bits per heavy atom. The number of aryl methyl sites for hydroxylation is 1. The van der Waals surface area contributed by atoms with Gasteiger partial charge in [-0.05, 0) is 13.3 Å². The Bertz CT molecular complexity index is 552. The fourth-order valence-corrected chi connectivity index (χ4v) is 3.04. The number of carbonyl (C=O) groups excluding carboxylic acids is 1. The van der Waals surface area contributed by atoms with Crippen molar-refractivity contribution >= 4 is 23.2 Å². The lowest BCUT2D eigenvalue weighted by atomic mass is 10.1. The number of likely N-dealkylation sites (N-methyl/N-ethyl adjacent to an activating group) is 1. The molecule has 1 aromatic heterocycles. The van der Waals surface area contributed by atoms with Crippen molar-refractivity contribution in [2.75, 3.05) is 46.9 Å². The summed E-state index contributed by atoms with van der Waals surface area (Å²) in [5, 5.41) is 7.71. The van der Waals surface area contributed by atoms with Gasteiger partial charge in [0.2, 0.25) is 5.91 Å². The largest absolute Gasteiger partial charge is 0.381 e. The van der Waals surface area contributed by atoms with E-state index < -0.39 is 0 Å². The minimum Gasteiger partial charge on any atom is -0.381 e. The van der Waals surface area contributed by atoms with Crippen LogP contribution in [0.15, 0.2) is 11.2 Å². The molecule has 1 unspecified atom stereocenters. The van der Waals surface area contributed by atoms with Gasteiger partial charge in [0.15, 0.2) is 5.96 Å². The predicted molar refractivity (Wildman–Crippen MR) is 96.5 cm³/mol. The van der Waals surface area contributed by atoms with Crippen molar-refractivity contribution in [1.29, 1.82) is 0 Å². The van der Waals surface area contributed by atoms with E-state index in [4.69, 9.17) is 4.74 Å². The molecule has 0 saturated carbocycles. The Morgan fingerprint density at radius 3 is 2.96 bits per heavy atom. The number of nitrogens with one attached hydrogen (secondary N) is 2. The van der Waals surface area contributed by atoms with Crippen LogP contribution in [0, 0.1) is 12.8 Å². The van der Waals surface area contributed by atoms with E-state index in [0.29, 0.717) is 11.9 Å². The number of amides is 1. The van der Waals surface area contributed by atoms with E-state index in [9.17, 15) is 4.79 Å². The number of aliphatic imine (C=N–C) groups is 1. The van der Waals surface area contributed by atoms with Crippen molar-refractivity contribution in [2.24, 2.45) is 10.9 Å². The van der Waals surface area contributed by atoms with Crippen molar-refractivity contribution in [2.45, 2.75) is 19.8 Å². The molecule has 0 bridgehead atoms. The van der Waals surface area contributed by atoms with Crippen LogP contribution in [0.2, 0.25) is 0 Å². The topological polar surface area (TPSA) is 78.9 Å². The van der Waals surface area contributed by atoms with Crippen LogP contribution < -0.4 is 10.6 Å². The van der Waals surface area contributed by atoms with Crippen molar-refractivity contribution in [3.05, 3.63) is 16.1 Å². The van der Waals surface area contributed by atoms with Crippen LogP contribution in [0.3, 0.4) is 0 Å². The summed E-state index contributed by atoms with van der Waals surface area (Å²) in [5.74, 6) is 1.16. The Labute approximate surface area is 147 Å². The average Bonchev–Trinajstić information content (AvgIpc) is 3.20. The number of guanidine groups is 1. The van der Waals surface area contributed by atoms with Crippen LogP contribution >= 0.6 is 11.3 Å². The highest BCUT2D eigenvalue weighted by Crippen LogP contribution is 2.11. The van der Waals surface area contributed by atoms with E-state index in [2.05, 4.69) is 27.5 Å². The summed E-state index contributed by atoms with van der Waals surface area (Å²) in [5.41, 5.74) is 0. The van der Waals surface area contributed by atoms with Crippen LogP contribution in [0.1, 0.15) is 16.3 Å². The van der Waals surface area contributed by atoms with E-state index in [-0.39, 0.29) is 12.5 Å². The number of hydrogen-bond acceptors (Lipinski definition) is 5. The predicted octanol–water partition coefficient (Wildman–Crippen LogP) is 0.654. The van der Waals surface area contributed by atoms with Gasteiger partial charge in [0.05, 0.1) is 11.6 Å². The fourth-order valence-electron chi connectivity index (χ4n) is 2.25. The summed E-state index contributed by atoms with van der Waals surface area (Å²) in [7, 11) is 3.47. The zero-order valence-corrected chi connectivity index (χ0v) is 15.5. The maximum Gasteiger partial charge on any atom is 0.243 e. The summed E-state index contributed by atoms with van der Waals surface area (Å²) in [4.78, 5) is 23.3. The smallest absolute Gasteiger partial charge is 0.243 e. The molecule has 134 valence electrons. The average molecular weight is 353 g/mol. The minimum atomic E-state index is -0.0177. The number of ether oxygens (including phenoxy) is 1. The van der Waals surface area contributed by atoms with Crippen LogP contribution in [0.5, 0.6) is 0 Å². The zero-order chi connectivity index (χ0) is 17.4. The second-order valence-electron chi connectivity index (χ2n) is 6.10. The summed E-state index contributed by atoms with van der Waals surface area (Å²) < 4.78 is 5.39. The summed E-state index contributed by atoms with van der Waals surface area (Å²) >= 11 is 1.71. The van der Waals surface area contributed by atoms with Gasteiger partial charge in [0.1, 0.15) is 6.54 Å². The van der Waals surface area contributed by atoms with Crippen molar-refractivity contribution < 1.29 is 9.53 Å². The molecule has 7 nitrogen and oxygen atoms in total. The van der Waals surface area contributed by atoms with Gasteiger partial charge in [-0.1, -0.05) is 0 Å². The second kappa shape index (κ2) is 9.58. The second-order valence-corrected chi connectivity index (χ2v) is 7.42. The lowest BCUT2D eigenvalue weighted by molar-refractivity contribution is -0.127. The van der Waals surface area contributed by atoms with Crippen molar-refractivity contribution in [3.63, 3.8) is 0 Å². The molecular weight excluding hydrogens is 326 g/mol. The van der Waals surface area contributed by atoms with Gasteiger partial charge < -0.3 is 20.3 Å². The first-order valence-electron chi connectivity index (χ1n) is 8.26. The Balaban J connectivity index is 1.82. The summed E-state index contributed by atoms with van der Waals surface area (Å²) in [6.45, 7) is 5.35. The number of aromatic nitrogens is 1. The van der Waals surface area contributed by atoms with E-state index in [1.165, 1.54) is 4.88 Å². The molecule has 24 heavy (non-hydrogen) atoms. The van der Waals surface area contributed by atoms with Crippen LogP contribution in [-0.4, -0.2) is 68.7 Å². The van der Waals surface area contributed by atoms with Crippen LogP contribution in [-0.2, 0) is 16.0 Å². The molecule has 0 aliphatic carbocycles. The van der Waals surface area contributed by atoms with Gasteiger partial charge >= 0.3 is 0 Å². The number of carbonyl (C=O) groups is 1. The van der Waals surface area contributed by atoms with Crippen LogP contribution in [0.25, 0.3) is 0 Å². The maximum absolute atomic E-state index is 11.7. The third-order valence-electron chi connectivity index (χ3n) is 3.75. The molecule has 1 fully saturated rings. The highest BCUT2D eigenvalue weighted by molar-refractivity contribution is 7.11. The molecule has 1 saturated heterocycles. The van der Waals surface area contributed by atoms with E-state index >= 15 is 0 Å². The van der Waals surface area contributed by atoms with Crippen molar-refractivity contribution in [1.82, 2.24) is 20.5 Å². The molecule has 1 amide bonds. The zero-order valence-electron chi connectivity index (χ0n) is 14.7. The van der Waals surface area contributed by atoms with E-state index in [1.807, 2.05) is 6.20 Å². The van der Waals surface area contributed by atoms with E-state index in [1.54, 1.807) is 30.3 Å². The van der Waals surface area contributed by atoms with Gasteiger partial charge in [-0.3, -0.25) is 4.79 Å². The molecule has 0 spiro atoms.